The van der Waals surface area contributed by atoms with Crippen LogP contribution in [-0.2, 0) is 19.1 Å². The van der Waals surface area contributed by atoms with Crippen molar-refractivity contribution >= 4 is 23.6 Å². The molecule has 0 saturated carbocycles. The number of nitrogens with zero attached hydrogens (tertiary/aromatic N) is 3. The number of esters is 2. The fraction of sp³-hybridized carbons (Fsp3) is 0.692. The standard InChI is InChI=1S/C13H23N5O4/c1-3-5-7-21-11(19)9-16-10(18(15)13(14)17-9)12(20)22-8-6-4-2/h13H,3-8,14-15H2,1-2H3. The minimum Gasteiger partial charge on any atom is -0.460 e. The van der Waals surface area contributed by atoms with Gasteiger partial charge in [-0.2, -0.15) is 4.99 Å². The Labute approximate surface area is 129 Å². The Balaban J connectivity index is 2.75. The number of rotatable bonds is 8. The summed E-state index contributed by atoms with van der Waals surface area (Å²) in [5, 5.41) is 0.858. The minimum atomic E-state index is -1.10. The zero-order valence-electron chi connectivity index (χ0n) is 12.9. The summed E-state index contributed by atoms with van der Waals surface area (Å²) in [5.74, 6) is 3.59. The molecule has 9 nitrogen and oxygen atoms in total. The molecule has 22 heavy (non-hydrogen) atoms. The lowest BCUT2D eigenvalue weighted by Crippen LogP contribution is -2.55. The predicted octanol–water partition coefficient (Wildman–Crippen LogP) is -0.0984. The molecule has 0 amide bonds. The second kappa shape index (κ2) is 9.11. The second-order valence-electron chi connectivity index (χ2n) is 4.69. The summed E-state index contributed by atoms with van der Waals surface area (Å²) in [7, 11) is 0. The maximum absolute atomic E-state index is 11.9. The van der Waals surface area contributed by atoms with Crippen LogP contribution in [0.2, 0.25) is 0 Å². The number of hydrogen-bond acceptors (Lipinski definition) is 9. The van der Waals surface area contributed by atoms with Crippen LogP contribution < -0.4 is 11.6 Å². The number of unbranched alkanes of at least 4 members (excludes halogenated alkanes) is 2. The Morgan fingerprint density at radius 1 is 1.14 bits per heavy atom. The molecule has 124 valence electrons. The van der Waals surface area contributed by atoms with Crippen LogP contribution in [0.4, 0.5) is 0 Å². The van der Waals surface area contributed by atoms with Crippen LogP contribution in [0.5, 0.6) is 0 Å². The molecule has 0 bridgehead atoms. The molecular formula is C13H23N5O4. The monoisotopic (exact) mass is 313 g/mol. The summed E-state index contributed by atoms with van der Waals surface area (Å²) in [5.41, 5.74) is 5.66. The molecule has 1 heterocycles. The number of aliphatic imine (C=N–C) groups is 2. The first-order valence-corrected chi connectivity index (χ1v) is 7.31. The maximum atomic E-state index is 11.9. The number of carbonyl (C=O) groups excluding carboxylic acids is 2. The highest BCUT2D eigenvalue weighted by Gasteiger charge is 2.30. The lowest BCUT2D eigenvalue weighted by atomic mass is 10.3. The number of nitrogens with two attached hydrogens (primary N) is 2. The SMILES string of the molecule is CCCCOC(=O)C1=NC(N)N(N)C(C(=O)OCCCC)=N1. The van der Waals surface area contributed by atoms with Crippen LogP contribution in [0.15, 0.2) is 9.98 Å². The van der Waals surface area contributed by atoms with Gasteiger partial charge in [-0.3, -0.25) is 10.7 Å². The number of ether oxygens (including phenoxy) is 2. The lowest BCUT2D eigenvalue weighted by molar-refractivity contribution is -0.136. The van der Waals surface area contributed by atoms with Crippen molar-refractivity contribution in [3.8, 4) is 0 Å². The van der Waals surface area contributed by atoms with Gasteiger partial charge in [0.05, 0.1) is 13.2 Å². The highest BCUT2D eigenvalue weighted by molar-refractivity contribution is 6.44. The topological polar surface area (TPSA) is 133 Å². The molecule has 0 saturated heterocycles. The molecule has 0 aromatic rings. The van der Waals surface area contributed by atoms with E-state index < -0.39 is 18.2 Å². The lowest BCUT2D eigenvalue weighted by Gasteiger charge is -2.26. The maximum Gasteiger partial charge on any atom is 0.376 e. The van der Waals surface area contributed by atoms with Crippen molar-refractivity contribution in [1.29, 1.82) is 0 Å². The zero-order chi connectivity index (χ0) is 16.5. The third kappa shape index (κ3) is 5.08. The molecular weight excluding hydrogens is 290 g/mol. The Morgan fingerprint density at radius 3 is 2.23 bits per heavy atom. The molecule has 0 aromatic heterocycles. The minimum absolute atomic E-state index is 0.241. The van der Waals surface area contributed by atoms with E-state index in [1.807, 2.05) is 13.8 Å². The fourth-order valence-electron chi connectivity index (χ4n) is 1.50. The van der Waals surface area contributed by atoms with Gasteiger partial charge in [0, 0.05) is 0 Å². The van der Waals surface area contributed by atoms with Crippen LogP contribution in [0.1, 0.15) is 39.5 Å². The Kier molecular flexibility index (Phi) is 7.47. The highest BCUT2D eigenvalue weighted by atomic mass is 16.5. The first-order valence-electron chi connectivity index (χ1n) is 7.31. The summed E-state index contributed by atoms with van der Waals surface area (Å²) in [6, 6.07) is 0. The zero-order valence-corrected chi connectivity index (χ0v) is 12.9. The van der Waals surface area contributed by atoms with Crippen molar-refractivity contribution in [2.24, 2.45) is 21.6 Å². The largest absolute Gasteiger partial charge is 0.460 e. The Hall–Kier alpha value is -2.00. The third-order valence-corrected chi connectivity index (χ3v) is 2.82. The van der Waals surface area contributed by atoms with Gasteiger partial charge in [-0.15, -0.1) is 0 Å². The van der Waals surface area contributed by atoms with Crippen LogP contribution >= 0.6 is 0 Å². The molecule has 0 aliphatic carbocycles. The molecule has 0 radical (unpaired) electrons. The molecule has 4 N–H and O–H groups in total. The van der Waals surface area contributed by atoms with E-state index in [9.17, 15) is 9.59 Å². The summed E-state index contributed by atoms with van der Waals surface area (Å²) < 4.78 is 10.0. The van der Waals surface area contributed by atoms with Crippen molar-refractivity contribution in [1.82, 2.24) is 5.01 Å². The summed E-state index contributed by atoms with van der Waals surface area (Å²) >= 11 is 0. The van der Waals surface area contributed by atoms with E-state index in [0.29, 0.717) is 0 Å². The first kappa shape index (κ1) is 18.1. The molecule has 0 aromatic carbocycles. The molecule has 1 aliphatic heterocycles. The van der Waals surface area contributed by atoms with Crippen LogP contribution in [0.3, 0.4) is 0 Å². The molecule has 0 spiro atoms. The number of carbonyl (C=O) groups is 2. The van der Waals surface area contributed by atoms with Gasteiger partial charge in [0.1, 0.15) is 0 Å². The fourth-order valence-corrected chi connectivity index (χ4v) is 1.50. The van der Waals surface area contributed by atoms with E-state index in [2.05, 4.69) is 9.98 Å². The first-order chi connectivity index (χ1) is 10.5. The predicted molar refractivity (Wildman–Crippen MR) is 80.6 cm³/mol. The van der Waals surface area contributed by atoms with Crippen molar-refractivity contribution < 1.29 is 19.1 Å². The molecule has 1 rings (SSSR count). The normalized spacial score (nSPS) is 17.6. The molecule has 1 aliphatic rings. The van der Waals surface area contributed by atoms with Gasteiger partial charge in [-0.25, -0.2) is 20.4 Å². The van der Waals surface area contributed by atoms with Crippen molar-refractivity contribution in [3.05, 3.63) is 0 Å². The van der Waals surface area contributed by atoms with E-state index in [1.165, 1.54) is 0 Å². The Bertz CT molecular complexity index is 463. The van der Waals surface area contributed by atoms with Gasteiger partial charge in [0.2, 0.25) is 11.7 Å². The van der Waals surface area contributed by atoms with Crippen LogP contribution in [0.25, 0.3) is 0 Å². The van der Waals surface area contributed by atoms with E-state index in [4.69, 9.17) is 21.1 Å². The van der Waals surface area contributed by atoms with Gasteiger partial charge in [-0.05, 0) is 12.8 Å². The number of hydrogen-bond donors (Lipinski definition) is 2. The van der Waals surface area contributed by atoms with Gasteiger partial charge in [0.25, 0.3) is 0 Å². The third-order valence-electron chi connectivity index (χ3n) is 2.82. The quantitative estimate of drug-likeness (QED) is 0.363. The van der Waals surface area contributed by atoms with Crippen molar-refractivity contribution in [3.63, 3.8) is 0 Å². The van der Waals surface area contributed by atoms with E-state index >= 15 is 0 Å². The van der Waals surface area contributed by atoms with Gasteiger partial charge < -0.3 is 9.47 Å². The molecule has 0 fully saturated rings. The van der Waals surface area contributed by atoms with Crippen LogP contribution in [0, 0.1) is 0 Å². The summed E-state index contributed by atoms with van der Waals surface area (Å²) in [4.78, 5) is 31.4. The highest BCUT2D eigenvalue weighted by Crippen LogP contribution is 2.06. The van der Waals surface area contributed by atoms with E-state index in [-0.39, 0.29) is 24.9 Å². The van der Waals surface area contributed by atoms with E-state index in [0.717, 1.165) is 30.7 Å². The second-order valence-corrected chi connectivity index (χ2v) is 4.69. The molecule has 9 heteroatoms. The number of amidine groups is 2. The van der Waals surface area contributed by atoms with Gasteiger partial charge in [-0.1, -0.05) is 26.7 Å². The summed E-state index contributed by atoms with van der Waals surface area (Å²) in [6.45, 7) is 4.43. The number of hydrazine groups is 1. The average Bonchev–Trinajstić information content (AvgIpc) is 2.50. The van der Waals surface area contributed by atoms with Crippen molar-refractivity contribution in [2.75, 3.05) is 13.2 Å². The van der Waals surface area contributed by atoms with Crippen molar-refractivity contribution in [2.45, 2.75) is 45.8 Å². The van der Waals surface area contributed by atoms with Crippen LogP contribution in [-0.4, -0.2) is 48.1 Å². The average molecular weight is 313 g/mol. The summed E-state index contributed by atoms with van der Waals surface area (Å²) in [6.07, 6.45) is 2.11. The smallest absolute Gasteiger partial charge is 0.376 e. The molecule has 1 atom stereocenters. The van der Waals surface area contributed by atoms with E-state index in [1.54, 1.807) is 0 Å². The van der Waals surface area contributed by atoms with Gasteiger partial charge in [0.15, 0.2) is 6.29 Å². The molecule has 1 unspecified atom stereocenters. The Morgan fingerprint density at radius 2 is 1.68 bits per heavy atom. The van der Waals surface area contributed by atoms with Gasteiger partial charge >= 0.3 is 11.9 Å².